The molecule has 0 aliphatic carbocycles. The number of esters is 1. The number of hydrogen-bond donors (Lipinski definition) is 1. The Bertz CT molecular complexity index is 974. The van der Waals surface area contributed by atoms with E-state index in [9.17, 15) is 9.59 Å². The number of nitrogens with zero attached hydrogens (tertiary/aromatic N) is 1. The Morgan fingerprint density at radius 2 is 1.81 bits per heavy atom. The summed E-state index contributed by atoms with van der Waals surface area (Å²) < 4.78 is 4.74. The van der Waals surface area contributed by atoms with Gasteiger partial charge in [0.05, 0.1) is 18.2 Å². The average Bonchev–Trinajstić information content (AvgIpc) is 2.70. The van der Waals surface area contributed by atoms with Gasteiger partial charge in [0.15, 0.2) is 0 Å². The Morgan fingerprint density at radius 1 is 1.04 bits per heavy atom. The maximum atomic E-state index is 12.8. The maximum Gasteiger partial charge on any atom is 0.337 e. The van der Waals surface area contributed by atoms with Gasteiger partial charge in [0.25, 0.3) is 5.91 Å². The molecule has 6 heteroatoms. The summed E-state index contributed by atoms with van der Waals surface area (Å²) in [6.07, 6.45) is 1.66. The first-order chi connectivity index (χ1) is 13.1. The van der Waals surface area contributed by atoms with Crippen molar-refractivity contribution in [3.63, 3.8) is 0 Å². The van der Waals surface area contributed by atoms with E-state index in [0.717, 1.165) is 10.5 Å². The molecule has 1 heterocycles. The predicted molar refractivity (Wildman–Crippen MR) is 105 cm³/mol. The minimum absolute atomic E-state index is 0.286. The summed E-state index contributed by atoms with van der Waals surface area (Å²) in [6.45, 7) is 1.86. The van der Waals surface area contributed by atoms with Crippen molar-refractivity contribution < 1.29 is 14.3 Å². The molecule has 0 atom stereocenters. The van der Waals surface area contributed by atoms with Crippen LogP contribution in [-0.4, -0.2) is 24.0 Å². The number of rotatable bonds is 5. The first-order valence-electron chi connectivity index (χ1n) is 8.26. The van der Waals surface area contributed by atoms with Crippen LogP contribution in [0.2, 0.25) is 0 Å². The molecule has 0 aliphatic heterocycles. The molecule has 3 aromatic rings. The Balaban J connectivity index is 1.86. The highest BCUT2D eigenvalue weighted by Gasteiger charge is 2.16. The Kier molecular flexibility index (Phi) is 5.88. The third kappa shape index (κ3) is 4.54. The fraction of sp³-hybridized carbons (Fsp3) is 0.0952. The molecule has 1 N–H and O–H groups in total. The normalized spacial score (nSPS) is 10.3. The molecular weight excluding hydrogens is 360 g/mol. The highest BCUT2D eigenvalue weighted by atomic mass is 32.2. The van der Waals surface area contributed by atoms with Crippen molar-refractivity contribution in [2.24, 2.45) is 0 Å². The molecule has 0 fully saturated rings. The lowest BCUT2D eigenvalue weighted by molar-refractivity contribution is 0.0600. The number of benzene rings is 2. The van der Waals surface area contributed by atoms with Crippen LogP contribution < -0.4 is 5.32 Å². The lowest BCUT2D eigenvalue weighted by Gasteiger charge is -2.12. The van der Waals surface area contributed by atoms with Gasteiger partial charge in [0.1, 0.15) is 5.03 Å². The van der Waals surface area contributed by atoms with Crippen molar-refractivity contribution >= 4 is 29.3 Å². The fourth-order valence-electron chi connectivity index (χ4n) is 2.44. The van der Waals surface area contributed by atoms with Gasteiger partial charge in [0.2, 0.25) is 0 Å². The highest BCUT2D eigenvalue weighted by molar-refractivity contribution is 7.99. The van der Waals surface area contributed by atoms with Gasteiger partial charge in [0, 0.05) is 16.8 Å². The second-order valence-electron chi connectivity index (χ2n) is 5.75. The van der Waals surface area contributed by atoms with Crippen LogP contribution in [0.3, 0.4) is 0 Å². The van der Waals surface area contributed by atoms with Crippen molar-refractivity contribution in [2.75, 3.05) is 12.4 Å². The van der Waals surface area contributed by atoms with E-state index in [1.54, 1.807) is 36.5 Å². The SMILES string of the molecule is COC(=O)c1ccc(C)c(NC(=O)c2cccnc2Sc2ccccc2)c1. The van der Waals surface area contributed by atoms with Crippen LogP contribution in [0, 0.1) is 6.92 Å². The molecule has 1 aromatic heterocycles. The van der Waals surface area contributed by atoms with Crippen LogP contribution in [0.25, 0.3) is 0 Å². The van der Waals surface area contributed by atoms with Crippen LogP contribution in [0.15, 0.2) is 76.8 Å². The Morgan fingerprint density at radius 3 is 2.56 bits per heavy atom. The van der Waals surface area contributed by atoms with E-state index in [2.05, 4.69) is 10.3 Å². The van der Waals surface area contributed by atoms with Gasteiger partial charge in [-0.1, -0.05) is 36.0 Å². The number of ether oxygens (including phenoxy) is 1. The van der Waals surface area contributed by atoms with Gasteiger partial charge in [-0.3, -0.25) is 4.79 Å². The van der Waals surface area contributed by atoms with Crippen LogP contribution in [0.1, 0.15) is 26.3 Å². The topological polar surface area (TPSA) is 68.3 Å². The molecule has 5 nitrogen and oxygen atoms in total. The molecule has 0 saturated heterocycles. The number of hydrogen-bond acceptors (Lipinski definition) is 5. The number of aryl methyl sites for hydroxylation is 1. The van der Waals surface area contributed by atoms with E-state index in [1.807, 2.05) is 37.3 Å². The summed E-state index contributed by atoms with van der Waals surface area (Å²) in [5.41, 5.74) is 2.25. The molecule has 3 rings (SSSR count). The summed E-state index contributed by atoms with van der Waals surface area (Å²) in [4.78, 5) is 29.9. The molecule has 0 spiro atoms. The maximum absolute atomic E-state index is 12.8. The van der Waals surface area contributed by atoms with Crippen LogP contribution >= 0.6 is 11.8 Å². The van der Waals surface area contributed by atoms with Crippen molar-refractivity contribution in [3.8, 4) is 0 Å². The highest BCUT2D eigenvalue weighted by Crippen LogP contribution is 2.29. The van der Waals surface area contributed by atoms with Crippen molar-refractivity contribution in [1.29, 1.82) is 0 Å². The van der Waals surface area contributed by atoms with Gasteiger partial charge in [-0.25, -0.2) is 9.78 Å². The number of anilines is 1. The summed E-state index contributed by atoms with van der Waals surface area (Å²) >= 11 is 1.42. The standard InChI is InChI=1S/C21H18N2O3S/c1-14-10-11-15(21(25)26-2)13-18(14)23-19(24)17-9-6-12-22-20(17)27-16-7-4-3-5-8-16/h3-13H,1-2H3,(H,23,24). The van der Waals surface area contributed by atoms with E-state index in [-0.39, 0.29) is 5.91 Å². The summed E-state index contributed by atoms with van der Waals surface area (Å²) in [7, 11) is 1.32. The zero-order valence-electron chi connectivity index (χ0n) is 14.9. The molecule has 136 valence electrons. The van der Waals surface area contributed by atoms with E-state index in [0.29, 0.717) is 21.8 Å². The quantitative estimate of drug-likeness (QED) is 0.658. The van der Waals surface area contributed by atoms with Gasteiger partial charge in [-0.05, 0) is 48.9 Å². The largest absolute Gasteiger partial charge is 0.465 e. The van der Waals surface area contributed by atoms with Crippen molar-refractivity contribution in [3.05, 3.63) is 83.6 Å². The van der Waals surface area contributed by atoms with Crippen LogP contribution in [-0.2, 0) is 4.74 Å². The molecule has 2 aromatic carbocycles. The summed E-state index contributed by atoms with van der Waals surface area (Å²) in [5.74, 6) is -0.737. The number of carbonyl (C=O) groups excluding carboxylic acids is 2. The zero-order chi connectivity index (χ0) is 19.2. The predicted octanol–water partition coefficient (Wildman–Crippen LogP) is 4.58. The Hall–Kier alpha value is -3.12. The number of amides is 1. The third-order valence-electron chi connectivity index (χ3n) is 3.88. The fourth-order valence-corrected chi connectivity index (χ4v) is 3.34. The third-order valence-corrected chi connectivity index (χ3v) is 4.91. The smallest absolute Gasteiger partial charge is 0.337 e. The number of methoxy groups -OCH3 is 1. The molecule has 0 saturated carbocycles. The lowest BCUT2D eigenvalue weighted by atomic mass is 10.1. The number of nitrogens with one attached hydrogen (secondary N) is 1. The summed E-state index contributed by atoms with van der Waals surface area (Å²) in [5, 5.41) is 3.49. The first kappa shape index (κ1) is 18.7. The van der Waals surface area contributed by atoms with Crippen molar-refractivity contribution in [1.82, 2.24) is 4.98 Å². The second-order valence-corrected chi connectivity index (χ2v) is 6.81. The first-order valence-corrected chi connectivity index (χ1v) is 9.08. The van der Waals surface area contributed by atoms with Crippen LogP contribution in [0.4, 0.5) is 5.69 Å². The molecule has 0 radical (unpaired) electrons. The second kappa shape index (κ2) is 8.51. The minimum Gasteiger partial charge on any atom is -0.465 e. The van der Waals surface area contributed by atoms with Gasteiger partial charge in [-0.15, -0.1) is 0 Å². The van der Waals surface area contributed by atoms with E-state index in [4.69, 9.17) is 4.74 Å². The van der Waals surface area contributed by atoms with Crippen molar-refractivity contribution in [2.45, 2.75) is 16.8 Å². The van der Waals surface area contributed by atoms with E-state index in [1.165, 1.54) is 18.9 Å². The molecule has 0 bridgehead atoms. The summed E-state index contributed by atoms with van der Waals surface area (Å²) in [6, 6.07) is 18.2. The lowest BCUT2D eigenvalue weighted by Crippen LogP contribution is -2.15. The monoisotopic (exact) mass is 378 g/mol. The Labute approximate surface area is 161 Å². The van der Waals surface area contributed by atoms with E-state index < -0.39 is 5.97 Å². The number of aromatic nitrogens is 1. The molecule has 0 aliphatic rings. The number of carbonyl (C=O) groups is 2. The molecule has 0 unspecified atom stereocenters. The zero-order valence-corrected chi connectivity index (χ0v) is 15.7. The van der Waals surface area contributed by atoms with Gasteiger partial charge in [-0.2, -0.15) is 0 Å². The van der Waals surface area contributed by atoms with Gasteiger partial charge >= 0.3 is 5.97 Å². The van der Waals surface area contributed by atoms with E-state index >= 15 is 0 Å². The van der Waals surface area contributed by atoms with Gasteiger partial charge < -0.3 is 10.1 Å². The minimum atomic E-state index is -0.452. The average molecular weight is 378 g/mol. The molecular formula is C21H18N2O3S. The molecule has 27 heavy (non-hydrogen) atoms. The van der Waals surface area contributed by atoms with Crippen LogP contribution in [0.5, 0.6) is 0 Å². The number of pyridine rings is 1. The molecule has 1 amide bonds.